The molecule has 0 unspecified atom stereocenters. The first-order chi connectivity index (χ1) is 18.0. The Hall–Kier alpha value is -4.12. The van der Waals surface area contributed by atoms with Gasteiger partial charge in [0.15, 0.2) is 23.9 Å². The fraction of sp³-hybridized carbons (Fsp3) is 0.385. The molecular weight excluding hydrogens is 478 g/mol. The fourth-order valence-electron chi connectivity index (χ4n) is 4.38. The van der Waals surface area contributed by atoms with E-state index in [-0.39, 0.29) is 30.6 Å². The molecule has 2 amide bonds. The number of amides is 2. The summed E-state index contributed by atoms with van der Waals surface area (Å²) in [4.78, 5) is 32.1. The zero-order valence-electron chi connectivity index (χ0n) is 20.7. The number of methoxy groups -OCH3 is 1. The lowest BCUT2D eigenvalue weighted by molar-refractivity contribution is -0.123. The van der Waals surface area contributed by atoms with Gasteiger partial charge in [0.25, 0.3) is 11.8 Å². The van der Waals surface area contributed by atoms with Gasteiger partial charge in [-0.15, -0.1) is 0 Å². The molecule has 3 aliphatic heterocycles. The molecule has 1 saturated heterocycles. The maximum absolute atomic E-state index is 13.3. The molecule has 11 heteroatoms. The van der Waals surface area contributed by atoms with E-state index in [9.17, 15) is 9.59 Å². The van der Waals surface area contributed by atoms with Gasteiger partial charge in [-0.25, -0.2) is 0 Å². The molecule has 2 atom stereocenters. The molecule has 37 heavy (non-hydrogen) atoms. The summed E-state index contributed by atoms with van der Waals surface area (Å²) in [6, 6.07) is 12.1. The predicted molar refractivity (Wildman–Crippen MR) is 131 cm³/mol. The third-order valence-corrected chi connectivity index (χ3v) is 6.32. The molecule has 0 radical (unpaired) electrons. The second-order valence-corrected chi connectivity index (χ2v) is 8.96. The summed E-state index contributed by atoms with van der Waals surface area (Å²) < 4.78 is 22.6. The quantitative estimate of drug-likeness (QED) is 0.542. The average Bonchev–Trinajstić information content (AvgIpc) is 3.52. The van der Waals surface area contributed by atoms with Crippen LogP contribution in [0.25, 0.3) is 0 Å². The van der Waals surface area contributed by atoms with Gasteiger partial charge in [-0.3, -0.25) is 14.5 Å². The number of aryl methyl sites for hydroxylation is 1. The molecule has 0 spiro atoms. The van der Waals surface area contributed by atoms with E-state index in [1.54, 1.807) is 18.2 Å². The molecule has 3 aliphatic rings. The third-order valence-electron chi connectivity index (χ3n) is 6.32. The van der Waals surface area contributed by atoms with Crippen LogP contribution in [0.5, 0.6) is 17.2 Å². The number of nitrogens with one attached hydrogen (secondary N) is 2. The first kappa shape index (κ1) is 24.6. The lowest BCUT2D eigenvalue weighted by atomic mass is 10.1. The number of ether oxygens (including phenoxy) is 3. The lowest BCUT2D eigenvalue weighted by Crippen LogP contribution is -2.45. The highest BCUT2D eigenvalue weighted by molar-refractivity contribution is 5.95. The number of carbonyl (C=O) groups excluding carboxylic acids is 2. The van der Waals surface area contributed by atoms with Gasteiger partial charge >= 0.3 is 0 Å². The molecule has 2 N–H and O–H groups in total. The van der Waals surface area contributed by atoms with Crippen LogP contribution in [0, 0.1) is 0 Å². The second-order valence-electron chi connectivity index (χ2n) is 8.96. The van der Waals surface area contributed by atoms with Crippen LogP contribution >= 0.6 is 0 Å². The summed E-state index contributed by atoms with van der Waals surface area (Å²) in [6.07, 6.45) is 0.363. The Morgan fingerprint density at radius 1 is 1.14 bits per heavy atom. The Labute approximate surface area is 214 Å². The molecule has 2 aromatic carbocycles. The van der Waals surface area contributed by atoms with E-state index < -0.39 is 0 Å². The van der Waals surface area contributed by atoms with Crippen molar-refractivity contribution in [2.24, 2.45) is 0 Å². The molecule has 4 heterocycles. The lowest BCUT2D eigenvalue weighted by Gasteiger charge is -2.21. The van der Waals surface area contributed by atoms with Crippen molar-refractivity contribution in [2.75, 3.05) is 26.8 Å². The topological polar surface area (TPSA) is 128 Å². The minimum atomic E-state index is -0.309. The first-order valence-corrected chi connectivity index (χ1v) is 12.2. The smallest absolute Gasteiger partial charge is 0.258 e. The van der Waals surface area contributed by atoms with Crippen molar-refractivity contribution in [3.05, 3.63) is 65.3 Å². The normalized spacial score (nSPS) is 20.3. The van der Waals surface area contributed by atoms with Gasteiger partial charge < -0.3 is 29.4 Å². The van der Waals surface area contributed by atoms with E-state index in [1.165, 1.54) is 7.11 Å². The van der Waals surface area contributed by atoms with Crippen LogP contribution in [-0.2, 0) is 24.3 Å². The largest absolute Gasteiger partial charge is 0.493 e. The third kappa shape index (κ3) is 5.83. The number of likely N-dealkylation sites (tertiary alicyclic amines) is 1. The van der Waals surface area contributed by atoms with Gasteiger partial charge in [0.05, 0.1) is 19.7 Å². The summed E-state index contributed by atoms with van der Waals surface area (Å²) >= 11 is 0. The summed E-state index contributed by atoms with van der Waals surface area (Å²) in [7, 11) is 1.50. The van der Waals surface area contributed by atoms with E-state index in [0.717, 1.165) is 5.56 Å². The van der Waals surface area contributed by atoms with Crippen molar-refractivity contribution < 1.29 is 28.3 Å². The van der Waals surface area contributed by atoms with Gasteiger partial charge in [-0.05, 0) is 35.9 Å². The van der Waals surface area contributed by atoms with E-state index in [1.807, 2.05) is 31.2 Å². The average molecular weight is 508 g/mol. The van der Waals surface area contributed by atoms with E-state index >= 15 is 0 Å². The fourth-order valence-corrected chi connectivity index (χ4v) is 4.38. The monoisotopic (exact) mass is 507 g/mol. The number of nitrogens with zero attached hydrogens (tertiary/aromatic N) is 3. The van der Waals surface area contributed by atoms with Crippen molar-refractivity contribution in [3.8, 4) is 17.2 Å². The van der Waals surface area contributed by atoms with Crippen molar-refractivity contribution in [2.45, 2.75) is 38.6 Å². The summed E-state index contributed by atoms with van der Waals surface area (Å²) in [5, 5.41) is 9.99. The SMILES string of the molecule is CCc1nc(CN2C[C@@H]3NC(=O)c4ccc(OC)c(c4)OCC(=O)NCc4ccc(cc4)O[C@H]3C2)no1. The molecule has 1 aromatic heterocycles. The van der Waals surface area contributed by atoms with E-state index in [4.69, 9.17) is 18.7 Å². The van der Waals surface area contributed by atoms with Crippen LogP contribution in [0.4, 0.5) is 0 Å². The maximum Gasteiger partial charge on any atom is 0.258 e. The molecule has 4 bridgehead atoms. The number of fused-ring (bicyclic) bond motifs is 7. The van der Waals surface area contributed by atoms with Crippen LogP contribution in [0.15, 0.2) is 47.0 Å². The van der Waals surface area contributed by atoms with Crippen molar-refractivity contribution in [1.29, 1.82) is 0 Å². The molecule has 6 rings (SSSR count). The zero-order chi connectivity index (χ0) is 25.8. The molecule has 3 aromatic rings. The molecule has 1 fully saturated rings. The zero-order valence-corrected chi connectivity index (χ0v) is 20.7. The molecule has 11 nitrogen and oxygen atoms in total. The van der Waals surface area contributed by atoms with Gasteiger partial charge in [-0.1, -0.05) is 24.2 Å². The van der Waals surface area contributed by atoms with Crippen molar-refractivity contribution >= 4 is 11.8 Å². The number of hydrogen-bond donors (Lipinski definition) is 2. The number of aromatic nitrogens is 2. The Kier molecular flexibility index (Phi) is 7.22. The van der Waals surface area contributed by atoms with Gasteiger partial charge in [-0.2, -0.15) is 4.98 Å². The Balaban J connectivity index is 1.41. The van der Waals surface area contributed by atoms with Crippen LogP contribution in [-0.4, -0.2) is 65.8 Å². The number of rotatable bonds is 4. The highest BCUT2D eigenvalue weighted by atomic mass is 16.5. The van der Waals surface area contributed by atoms with Crippen molar-refractivity contribution in [3.63, 3.8) is 0 Å². The Morgan fingerprint density at radius 2 is 1.97 bits per heavy atom. The molecule has 194 valence electrons. The molecular formula is C26H29N5O6. The number of carbonyl (C=O) groups is 2. The van der Waals surface area contributed by atoms with E-state index in [0.29, 0.717) is 67.1 Å². The van der Waals surface area contributed by atoms with Gasteiger partial charge in [0.2, 0.25) is 5.89 Å². The number of benzene rings is 2. The summed E-state index contributed by atoms with van der Waals surface area (Å²) in [6.45, 7) is 3.69. The van der Waals surface area contributed by atoms with Crippen molar-refractivity contribution in [1.82, 2.24) is 25.7 Å². The highest BCUT2D eigenvalue weighted by Crippen LogP contribution is 2.29. The molecule has 0 aliphatic carbocycles. The predicted octanol–water partition coefficient (Wildman–Crippen LogP) is 1.71. The maximum atomic E-state index is 13.3. The highest BCUT2D eigenvalue weighted by Gasteiger charge is 2.36. The van der Waals surface area contributed by atoms with Gasteiger partial charge in [0, 0.05) is 31.6 Å². The minimum Gasteiger partial charge on any atom is -0.493 e. The van der Waals surface area contributed by atoms with Crippen LogP contribution < -0.4 is 24.8 Å². The van der Waals surface area contributed by atoms with Gasteiger partial charge in [0.1, 0.15) is 11.9 Å². The Bertz CT molecular complexity index is 1260. The Morgan fingerprint density at radius 3 is 2.73 bits per heavy atom. The standard InChI is InChI=1S/C26H29N5O6/c1-3-25-29-23(30-37-25)14-31-12-19-22(13-31)36-18-7-4-16(5-8-18)11-27-24(32)15-35-21-10-17(26(33)28-19)6-9-20(21)34-2/h4-10,19,22H,3,11-15H2,1-2H3,(H,27,32)(H,28,33)/t19-,22-/m0/s1. The van der Waals surface area contributed by atoms with E-state index in [2.05, 4.69) is 25.7 Å². The second kappa shape index (κ2) is 10.9. The first-order valence-electron chi connectivity index (χ1n) is 12.2. The van der Waals surface area contributed by atoms with Crippen LogP contribution in [0.1, 0.15) is 34.6 Å². The minimum absolute atomic E-state index is 0.210. The summed E-state index contributed by atoms with van der Waals surface area (Å²) in [5.74, 6) is 2.02. The van der Waals surface area contributed by atoms with Crippen LogP contribution in [0.2, 0.25) is 0 Å². The molecule has 0 saturated carbocycles. The number of hydrogen-bond acceptors (Lipinski definition) is 9. The summed E-state index contributed by atoms with van der Waals surface area (Å²) in [5.41, 5.74) is 1.30. The van der Waals surface area contributed by atoms with Crippen LogP contribution in [0.3, 0.4) is 0 Å².